The summed E-state index contributed by atoms with van der Waals surface area (Å²) in [6.07, 6.45) is 5.72. The fourth-order valence-corrected chi connectivity index (χ4v) is 2.87. The van der Waals surface area contributed by atoms with Gasteiger partial charge in [-0.05, 0) is 30.5 Å². The van der Waals surface area contributed by atoms with E-state index >= 15 is 0 Å². The van der Waals surface area contributed by atoms with Crippen LogP contribution in [0.3, 0.4) is 0 Å². The highest BCUT2D eigenvalue weighted by Crippen LogP contribution is 2.20. The second kappa shape index (κ2) is 11.1. The number of unbranched alkanes of at least 4 members (excludes halogenated alkanes) is 2. The molecule has 0 unspecified atom stereocenters. The average Bonchev–Trinajstić information content (AvgIpc) is 2.72. The molecule has 0 aliphatic heterocycles. The first-order chi connectivity index (χ1) is 13.5. The SMILES string of the molecule is O=C(CCCCC[n+]1ccccc1)N[C@@H](CO)[C@@H](O)c1ccc([N+](=O)[O-])cc1. The van der Waals surface area contributed by atoms with Crippen molar-refractivity contribution in [3.8, 4) is 0 Å². The lowest BCUT2D eigenvalue weighted by molar-refractivity contribution is -0.697. The fourth-order valence-electron chi connectivity index (χ4n) is 2.87. The summed E-state index contributed by atoms with van der Waals surface area (Å²) in [4.78, 5) is 22.3. The van der Waals surface area contributed by atoms with E-state index in [1.807, 2.05) is 30.6 Å². The van der Waals surface area contributed by atoms with E-state index in [-0.39, 0.29) is 11.6 Å². The number of nitrogens with zero attached hydrogens (tertiary/aromatic N) is 2. The summed E-state index contributed by atoms with van der Waals surface area (Å²) < 4.78 is 2.09. The average molecular weight is 388 g/mol. The molecular formula is C20H26N3O5+. The van der Waals surface area contributed by atoms with Gasteiger partial charge in [-0.25, -0.2) is 4.57 Å². The monoisotopic (exact) mass is 388 g/mol. The van der Waals surface area contributed by atoms with Gasteiger partial charge in [0, 0.05) is 37.1 Å². The number of pyridine rings is 1. The van der Waals surface area contributed by atoms with Gasteiger partial charge in [-0.2, -0.15) is 0 Å². The van der Waals surface area contributed by atoms with Gasteiger partial charge in [-0.3, -0.25) is 14.9 Å². The number of hydrogen-bond donors (Lipinski definition) is 3. The second-order valence-corrected chi connectivity index (χ2v) is 6.57. The molecule has 28 heavy (non-hydrogen) atoms. The summed E-state index contributed by atoms with van der Waals surface area (Å²) in [6, 6.07) is 10.4. The quantitative estimate of drug-likeness (QED) is 0.234. The van der Waals surface area contributed by atoms with Crippen molar-refractivity contribution in [2.75, 3.05) is 6.61 Å². The second-order valence-electron chi connectivity index (χ2n) is 6.57. The molecule has 2 aromatic rings. The zero-order valence-corrected chi connectivity index (χ0v) is 15.6. The highest BCUT2D eigenvalue weighted by molar-refractivity contribution is 5.76. The number of amides is 1. The van der Waals surface area contributed by atoms with Crippen LogP contribution < -0.4 is 9.88 Å². The molecule has 2 atom stereocenters. The first kappa shape index (κ1) is 21.5. The number of aliphatic hydroxyl groups is 2. The number of hydrogen-bond acceptors (Lipinski definition) is 5. The predicted octanol–water partition coefficient (Wildman–Crippen LogP) is 1.65. The van der Waals surface area contributed by atoms with Crippen LogP contribution >= 0.6 is 0 Å². The molecule has 0 aliphatic carbocycles. The van der Waals surface area contributed by atoms with Gasteiger partial charge in [-0.15, -0.1) is 0 Å². The lowest BCUT2D eigenvalue weighted by Crippen LogP contribution is -2.41. The lowest BCUT2D eigenvalue weighted by atomic mass is 10.0. The van der Waals surface area contributed by atoms with Crippen molar-refractivity contribution in [1.82, 2.24) is 5.32 Å². The van der Waals surface area contributed by atoms with Crippen molar-refractivity contribution in [3.05, 3.63) is 70.5 Å². The van der Waals surface area contributed by atoms with E-state index < -0.39 is 23.7 Å². The summed E-state index contributed by atoms with van der Waals surface area (Å²) >= 11 is 0. The Bertz CT molecular complexity index is 752. The molecule has 0 aliphatic rings. The number of aromatic nitrogens is 1. The number of carbonyl (C=O) groups excluding carboxylic acids is 1. The molecule has 0 radical (unpaired) electrons. The minimum absolute atomic E-state index is 0.0887. The van der Waals surface area contributed by atoms with E-state index in [0.717, 1.165) is 19.4 Å². The smallest absolute Gasteiger partial charge is 0.269 e. The van der Waals surface area contributed by atoms with Crippen molar-refractivity contribution < 1.29 is 24.5 Å². The zero-order valence-electron chi connectivity index (χ0n) is 15.6. The van der Waals surface area contributed by atoms with Gasteiger partial charge < -0.3 is 15.5 Å². The third-order valence-corrected chi connectivity index (χ3v) is 4.47. The molecule has 8 heteroatoms. The Labute approximate surface area is 163 Å². The highest BCUT2D eigenvalue weighted by Gasteiger charge is 2.22. The maximum atomic E-state index is 12.1. The van der Waals surface area contributed by atoms with Crippen molar-refractivity contribution in [1.29, 1.82) is 0 Å². The molecule has 1 aromatic heterocycles. The Morgan fingerprint density at radius 2 is 1.79 bits per heavy atom. The number of aryl methyl sites for hydroxylation is 1. The Morgan fingerprint density at radius 1 is 1.11 bits per heavy atom. The first-order valence-corrected chi connectivity index (χ1v) is 9.28. The van der Waals surface area contributed by atoms with E-state index in [9.17, 15) is 25.1 Å². The summed E-state index contributed by atoms with van der Waals surface area (Å²) in [5.41, 5.74) is 0.305. The molecule has 0 fully saturated rings. The number of nitro benzene ring substituents is 1. The predicted molar refractivity (Wildman–Crippen MR) is 102 cm³/mol. The molecule has 0 bridgehead atoms. The molecule has 1 heterocycles. The van der Waals surface area contributed by atoms with Gasteiger partial charge in [0.1, 0.15) is 12.6 Å². The van der Waals surface area contributed by atoms with Crippen LogP contribution in [0.4, 0.5) is 5.69 Å². The maximum absolute atomic E-state index is 12.1. The summed E-state index contributed by atoms with van der Waals surface area (Å²) in [5, 5.41) is 33.2. The number of nitrogens with one attached hydrogen (secondary N) is 1. The van der Waals surface area contributed by atoms with Crippen molar-refractivity contribution in [2.24, 2.45) is 0 Å². The van der Waals surface area contributed by atoms with Crippen LogP contribution in [-0.4, -0.2) is 33.7 Å². The normalized spacial score (nSPS) is 12.9. The van der Waals surface area contributed by atoms with Gasteiger partial charge in [0.25, 0.3) is 5.69 Å². The zero-order chi connectivity index (χ0) is 20.4. The summed E-state index contributed by atoms with van der Waals surface area (Å²) in [7, 11) is 0. The Morgan fingerprint density at radius 3 is 2.39 bits per heavy atom. The molecule has 8 nitrogen and oxygen atoms in total. The van der Waals surface area contributed by atoms with Crippen LogP contribution in [0, 0.1) is 10.1 Å². The van der Waals surface area contributed by atoms with Gasteiger partial charge in [0.15, 0.2) is 12.4 Å². The summed E-state index contributed by atoms with van der Waals surface area (Å²) in [5.74, 6) is -0.243. The van der Waals surface area contributed by atoms with E-state index in [1.54, 1.807) is 0 Å². The molecule has 0 spiro atoms. The Hall–Kier alpha value is -2.84. The van der Waals surface area contributed by atoms with Crippen LogP contribution in [-0.2, 0) is 11.3 Å². The molecule has 0 saturated heterocycles. The van der Waals surface area contributed by atoms with Crippen LogP contribution in [0.15, 0.2) is 54.9 Å². The first-order valence-electron chi connectivity index (χ1n) is 9.28. The van der Waals surface area contributed by atoms with E-state index in [1.165, 1.54) is 24.3 Å². The minimum Gasteiger partial charge on any atom is -0.394 e. The molecule has 3 N–H and O–H groups in total. The van der Waals surface area contributed by atoms with Gasteiger partial charge >= 0.3 is 0 Å². The Balaban J connectivity index is 1.74. The van der Waals surface area contributed by atoms with Gasteiger partial charge in [0.05, 0.1) is 17.6 Å². The number of non-ortho nitro benzene ring substituents is 1. The molecule has 0 saturated carbocycles. The lowest BCUT2D eigenvalue weighted by Gasteiger charge is -2.22. The maximum Gasteiger partial charge on any atom is 0.269 e. The van der Waals surface area contributed by atoms with E-state index in [0.29, 0.717) is 18.4 Å². The molecule has 1 amide bonds. The number of nitro groups is 1. The van der Waals surface area contributed by atoms with Crippen LogP contribution in [0.5, 0.6) is 0 Å². The molecule has 1 aromatic carbocycles. The van der Waals surface area contributed by atoms with Crippen LogP contribution in [0.2, 0.25) is 0 Å². The standard InChI is InChI=1S/C20H25N3O5/c24-15-18(20(26)16-8-10-17(11-9-16)23(27)28)21-19(25)7-3-1-4-12-22-13-5-2-6-14-22/h2,5-6,8-11,13-14,18,20,24,26H,1,3-4,7,12,15H2/p+1/t18-,20-/m0/s1. The molecular weight excluding hydrogens is 362 g/mol. The highest BCUT2D eigenvalue weighted by atomic mass is 16.6. The fraction of sp³-hybridized carbons (Fsp3) is 0.400. The number of rotatable bonds is 11. The Kier molecular flexibility index (Phi) is 8.51. The summed E-state index contributed by atoms with van der Waals surface area (Å²) in [6.45, 7) is 0.453. The minimum atomic E-state index is -1.15. The van der Waals surface area contributed by atoms with Crippen molar-refractivity contribution in [2.45, 2.75) is 44.4 Å². The van der Waals surface area contributed by atoms with Crippen molar-refractivity contribution >= 4 is 11.6 Å². The topological polar surface area (TPSA) is 117 Å². The third-order valence-electron chi connectivity index (χ3n) is 4.47. The molecule has 2 rings (SSSR count). The number of benzene rings is 1. The van der Waals surface area contributed by atoms with Crippen LogP contribution in [0.25, 0.3) is 0 Å². The van der Waals surface area contributed by atoms with Crippen molar-refractivity contribution in [3.63, 3.8) is 0 Å². The number of carbonyl (C=O) groups is 1. The van der Waals surface area contributed by atoms with Gasteiger partial charge in [-0.1, -0.05) is 6.07 Å². The number of aliphatic hydroxyl groups excluding tert-OH is 2. The van der Waals surface area contributed by atoms with E-state index in [2.05, 4.69) is 9.88 Å². The van der Waals surface area contributed by atoms with E-state index in [4.69, 9.17) is 0 Å². The largest absolute Gasteiger partial charge is 0.394 e. The molecule has 150 valence electrons. The van der Waals surface area contributed by atoms with Crippen LogP contribution in [0.1, 0.15) is 37.4 Å². The third kappa shape index (κ3) is 6.71. The van der Waals surface area contributed by atoms with Gasteiger partial charge in [0.2, 0.25) is 5.91 Å².